The molecule has 1 N–H and O–H groups in total. The second-order valence-electron chi connectivity index (χ2n) is 4.16. The summed E-state index contributed by atoms with van der Waals surface area (Å²) in [6, 6.07) is 5.91. The number of nitrogens with zero attached hydrogens (tertiary/aromatic N) is 3. The van der Waals surface area contributed by atoms with E-state index in [0.717, 1.165) is 15.8 Å². The highest BCUT2D eigenvalue weighted by Crippen LogP contribution is 2.29. The van der Waals surface area contributed by atoms with Crippen molar-refractivity contribution in [2.45, 2.75) is 20.8 Å². The molecular formula is C13H13N3O2S. The van der Waals surface area contributed by atoms with Gasteiger partial charge in [0, 0.05) is 6.92 Å². The van der Waals surface area contributed by atoms with Gasteiger partial charge in [-0.25, -0.2) is 4.98 Å². The molecule has 0 radical (unpaired) electrons. The van der Waals surface area contributed by atoms with Crippen molar-refractivity contribution in [2.24, 2.45) is 10.2 Å². The van der Waals surface area contributed by atoms with Gasteiger partial charge >= 0.3 is 0 Å². The maximum atomic E-state index is 11.2. The van der Waals surface area contributed by atoms with Crippen molar-refractivity contribution < 1.29 is 9.90 Å². The van der Waals surface area contributed by atoms with Crippen molar-refractivity contribution in [3.8, 4) is 0 Å². The molecule has 0 amide bonds. The first-order valence-corrected chi connectivity index (χ1v) is 6.48. The fraction of sp³-hybridized carbons (Fsp3) is 0.231. The zero-order valence-electron chi connectivity index (χ0n) is 10.8. The Labute approximate surface area is 114 Å². The normalized spacial score (nSPS) is 13.0. The smallest absolute Gasteiger partial charge is 0.231 e. The summed E-state index contributed by atoms with van der Waals surface area (Å²) in [7, 11) is 0. The van der Waals surface area contributed by atoms with Crippen LogP contribution in [0, 0.1) is 6.92 Å². The van der Waals surface area contributed by atoms with Crippen LogP contribution in [-0.2, 0) is 4.79 Å². The first-order valence-electron chi connectivity index (χ1n) is 5.67. The van der Waals surface area contributed by atoms with E-state index in [4.69, 9.17) is 0 Å². The molecule has 2 aromatic rings. The fourth-order valence-corrected chi connectivity index (χ4v) is 2.44. The second-order valence-corrected chi connectivity index (χ2v) is 5.17. The Kier molecular flexibility index (Phi) is 3.71. The monoisotopic (exact) mass is 275 g/mol. The summed E-state index contributed by atoms with van der Waals surface area (Å²) in [5.41, 5.74) is 1.95. The number of fused-ring (bicyclic) bond motifs is 1. The number of Topliss-reactive ketones (excluding diaryl/α,β-unsaturated/α-hetero) is 1. The zero-order chi connectivity index (χ0) is 14.0. The number of carbonyl (C=O) groups is 1. The third-order valence-electron chi connectivity index (χ3n) is 2.44. The molecule has 19 heavy (non-hydrogen) atoms. The van der Waals surface area contributed by atoms with E-state index in [-0.39, 0.29) is 17.2 Å². The average molecular weight is 275 g/mol. The molecule has 1 aromatic carbocycles. The number of thiazole rings is 1. The molecule has 0 saturated carbocycles. The number of ketones is 1. The van der Waals surface area contributed by atoms with Crippen LogP contribution in [0.1, 0.15) is 19.4 Å². The molecule has 1 aromatic heterocycles. The lowest BCUT2D eigenvalue weighted by Crippen LogP contribution is -1.96. The molecular weight excluding hydrogens is 262 g/mol. The standard InChI is InChI=1S/C13H13N3O2S/c1-7-4-5-10-11(6-7)19-13(14-10)16-15-12(8(2)17)9(3)18/h4-6,17H,1-3H3/b12-8-,16-15?. The molecule has 0 unspecified atom stereocenters. The van der Waals surface area contributed by atoms with Crippen LogP contribution < -0.4 is 0 Å². The lowest BCUT2D eigenvalue weighted by molar-refractivity contribution is -0.113. The van der Waals surface area contributed by atoms with E-state index < -0.39 is 0 Å². The van der Waals surface area contributed by atoms with E-state index in [1.165, 1.54) is 25.2 Å². The van der Waals surface area contributed by atoms with Crippen molar-refractivity contribution in [2.75, 3.05) is 0 Å². The van der Waals surface area contributed by atoms with Crippen molar-refractivity contribution in [3.05, 3.63) is 35.2 Å². The molecule has 5 nitrogen and oxygen atoms in total. The highest BCUT2D eigenvalue weighted by molar-refractivity contribution is 7.21. The number of aliphatic hydroxyl groups excluding tert-OH is 1. The molecule has 0 atom stereocenters. The molecule has 0 bridgehead atoms. The maximum absolute atomic E-state index is 11.2. The summed E-state index contributed by atoms with van der Waals surface area (Å²) < 4.78 is 1.02. The summed E-state index contributed by atoms with van der Waals surface area (Å²) >= 11 is 1.39. The number of hydrogen-bond donors (Lipinski definition) is 1. The molecule has 0 aliphatic heterocycles. The number of aromatic nitrogens is 1. The highest BCUT2D eigenvalue weighted by atomic mass is 32.1. The van der Waals surface area contributed by atoms with E-state index in [9.17, 15) is 9.90 Å². The van der Waals surface area contributed by atoms with Crippen LogP contribution >= 0.6 is 11.3 Å². The Bertz CT molecular complexity index is 697. The predicted molar refractivity (Wildman–Crippen MR) is 74.9 cm³/mol. The third kappa shape index (κ3) is 3.03. The van der Waals surface area contributed by atoms with E-state index >= 15 is 0 Å². The molecule has 0 aliphatic carbocycles. The number of azo groups is 1. The summed E-state index contributed by atoms with van der Waals surface area (Å²) in [5, 5.41) is 17.5. The predicted octanol–water partition coefficient (Wildman–Crippen LogP) is 4.07. The largest absolute Gasteiger partial charge is 0.510 e. The summed E-state index contributed by atoms with van der Waals surface area (Å²) in [6.07, 6.45) is 0. The zero-order valence-corrected chi connectivity index (χ0v) is 11.7. The lowest BCUT2D eigenvalue weighted by atomic mass is 10.2. The third-order valence-corrected chi connectivity index (χ3v) is 3.35. The van der Waals surface area contributed by atoms with E-state index in [1.54, 1.807) is 0 Å². The van der Waals surface area contributed by atoms with Crippen LogP contribution in [0.25, 0.3) is 10.2 Å². The number of benzene rings is 1. The van der Waals surface area contributed by atoms with Gasteiger partial charge in [-0.3, -0.25) is 4.79 Å². The SMILES string of the molecule is CC(=O)/C(N=Nc1nc2ccc(C)cc2s1)=C(\C)O. The Balaban J connectivity index is 2.36. The van der Waals surface area contributed by atoms with E-state index in [2.05, 4.69) is 15.2 Å². The van der Waals surface area contributed by atoms with Crippen LogP contribution in [0.2, 0.25) is 0 Å². The first-order chi connectivity index (χ1) is 8.97. The number of hydrogen-bond acceptors (Lipinski definition) is 6. The molecule has 0 fully saturated rings. The summed E-state index contributed by atoms with van der Waals surface area (Å²) in [4.78, 5) is 15.5. The number of carbonyl (C=O) groups excluding carboxylic acids is 1. The average Bonchev–Trinajstić information content (AvgIpc) is 2.70. The molecule has 1 heterocycles. The number of aliphatic hydroxyl groups is 1. The number of aryl methyl sites for hydroxylation is 1. The summed E-state index contributed by atoms with van der Waals surface area (Å²) in [6.45, 7) is 4.74. The topological polar surface area (TPSA) is 74.9 Å². The maximum Gasteiger partial charge on any atom is 0.231 e. The van der Waals surface area contributed by atoms with Gasteiger partial charge in [-0.1, -0.05) is 17.4 Å². The van der Waals surface area contributed by atoms with Gasteiger partial charge in [0.15, 0.2) is 11.5 Å². The van der Waals surface area contributed by atoms with Crippen molar-refractivity contribution in [3.63, 3.8) is 0 Å². The van der Waals surface area contributed by atoms with Crippen LogP contribution in [0.4, 0.5) is 5.13 Å². The molecule has 98 valence electrons. The molecule has 0 aliphatic rings. The Morgan fingerprint density at radius 1 is 1.37 bits per heavy atom. The number of allylic oxidation sites excluding steroid dienone is 2. The van der Waals surface area contributed by atoms with Gasteiger partial charge in [0.1, 0.15) is 5.76 Å². The van der Waals surface area contributed by atoms with Crippen molar-refractivity contribution >= 4 is 32.5 Å². The first kappa shape index (κ1) is 13.4. The highest BCUT2D eigenvalue weighted by Gasteiger charge is 2.08. The molecule has 6 heteroatoms. The molecule has 0 saturated heterocycles. The van der Waals surface area contributed by atoms with Gasteiger partial charge in [0.2, 0.25) is 5.13 Å². The number of rotatable bonds is 3. The molecule has 2 rings (SSSR count). The second kappa shape index (κ2) is 5.27. The van der Waals surface area contributed by atoms with E-state index in [1.807, 2.05) is 25.1 Å². The quantitative estimate of drug-likeness (QED) is 0.521. The van der Waals surface area contributed by atoms with Crippen LogP contribution in [0.15, 0.2) is 39.9 Å². The van der Waals surface area contributed by atoms with Gasteiger partial charge < -0.3 is 5.11 Å². The van der Waals surface area contributed by atoms with Crippen molar-refractivity contribution in [1.82, 2.24) is 4.98 Å². The van der Waals surface area contributed by atoms with Crippen LogP contribution in [0.3, 0.4) is 0 Å². The molecule has 0 spiro atoms. The van der Waals surface area contributed by atoms with Crippen molar-refractivity contribution in [1.29, 1.82) is 0 Å². The van der Waals surface area contributed by atoms with Crippen LogP contribution in [0.5, 0.6) is 0 Å². The van der Waals surface area contributed by atoms with Gasteiger partial charge in [-0.2, -0.15) is 0 Å². The Morgan fingerprint density at radius 2 is 2.11 bits per heavy atom. The van der Waals surface area contributed by atoms with Gasteiger partial charge in [0.05, 0.1) is 10.2 Å². The minimum Gasteiger partial charge on any atom is -0.510 e. The fourth-order valence-electron chi connectivity index (χ4n) is 1.55. The van der Waals surface area contributed by atoms with E-state index in [0.29, 0.717) is 5.13 Å². The Morgan fingerprint density at radius 3 is 2.74 bits per heavy atom. The lowest BCUT2D eigenvalue weighted by Gasteiger charge is -1.94. The Hall–Kier alpha value is -2.08. The van der Waals surface area contributed by atoms with Gasteiger partial charge in [0.25, 0.3) is 0 Å². The summed E-state index contributed by atoms with van der Waals surface area (Å²) in [5.74, 6) is -0.478. The van der Waals surface area contributed by atoms with Gasteiger partial charge in [-0.05, 0) is 31.5 Å². The van der Waals surface area contributed by atoms with Crippen LogP contribution in [-0.4, -0.2) is 15.9 Å². The minimum atomic E-state index is -0.333. The van der Waals surface area contributed by atoms with Gasteiger partial charge in [-0.15, -0.1) is 10.2 Å². The minimum absolute atomic E-state index is 0.0459.